The lowest BCUT2D eigenvalue weighted by Gasteiger charge is -2.38. The Morgan fingerprint density at radius 3 is 2.71 bits per heavy atom. The van der Waals surface area contributed by atoms with Crippen molar-refractivity contribution >= 4 is 0 Å². The summed E-state index contributed by atoms with van der Waals surface area (Å²) < 4.78 is 0. The summed E-state index contributed by atoms with van der Waals surface area (Å²) in [6.45, 7) is 4.49. The van der Waals surface area contributed by atoms with Crippen LogP contribution in [0.3, 0.4) is 0 Å². The van der Waals surface area contributed by atoms with Gasteiger partial charge in [0.25, 0.3) is 0 Å². The van der Waals surface area contributed by atoms with E-state index in [2.05, 4.69) is 19.2 Å². The molecule has 1 saturated heterocycles. The summed E-state index contributed by atoms with van der Waals surface area (Å²) in [6.07, 6.45) is 4.13. The molecule has 2 nitrogen and oxygen atoms in total. The standard InChI is InChI=1S/C15H23NO/c1-15(2)10-6-9-13(16-15)11-14(17)12-7-4-3-5-8-12/h3-5,7-8,13-14,16-17H,6,9-11H2,1-2H3. The van der Waals surface area contributed by atoms with Gasteiger partial charge in [0.2, 0.25) is 0 Å². The van der Waals surface area contributed by atoms with Crippen LogP contribution in [0.5, 0.6) is 0 Å². The number of benzene rings is 1. The smallest absolute Gasteiger partial charge is 0.0804 e. The number of nitrogens with one attached hydrogen (secondary N) is 1. The lowest BCUT2D eigenvalue weighted by atomic mass is 9.86. The Kier molecular flexibility index (Phi) is 3.85. The molecule has 0 aromatic heterocycles. The molecule has 1 aliphatic rings. The average Bonchev–Trinajstić information content (AvgIpc) is 2.29. The minimum absolute atomic E-state index is 0.222. The zero-order chi connectivity index (χ0) is 12.3. The van der Waals surface area contributed by atoms with Gasteiger partial charge in [0.15, 0.2) is 0 Å². The van der Waals surface area contributed by atoms with Crippen LogP contribution >= 0.6 is 0 Å². The van der Waals surface area contributed by atoms with Gasteiger partial charge in [0, 0.05) is 11.6 Å². The molecule has 1 heterocycles. The van der Waals surface area contributed by atoms with Crippen LogP contribution in [0, 0.1) is 0 Å². The third-order valence-electron chi connectivity index (χ3n) is 3.64. The predicted molar refractivity (Wildman–Crippen MR) is 70.9 cm³/mol. The van der Waals surface area contributed by atoms with Crippen molar-refractivity contribution in [2.75, 3.05) is 0 Å². The number of hydrogen-bond donors (Lipinski definition) is 2. The molecule has 0 bridgehead atoms. The van der Waals surface area contributed by atoms with Crippen LogP contribution in [-0.2, 0) is 0 Å². The van der Waals surface area contributed by atoms with Gasteiger partial charge in [-0.05, 0) is 38.7 Å². The Hall–Kier alpha value is -0.860. The highest BCUT2D eigenvalue weighted by atomic mass is 16.3. The van der Waals surface area contributed by atoms with Gasteiger partial charge in [-0.25, -0.2) is 0 Å². The van der Waals surface area contributed by atoms with Gasteiger partial charge in [-0.1, -0.05) is 36.8 Å². The summed E-state index contributed by atoms with van der Waals surface area (Å²) in [6, 6.07) is 10.4. The molecule has 1 aliphatic heterocycles. The van der Waals surface area contributed by atoms with Gasteiger partial charge >= 0.3 is 0 Å². The van der Waals surface area contributed by atoms with Crippen molar-refractivity contribution in [2.45, 2.75) is 57.2 Å². The molecule has 0 amide bonds. The molecule has 1 aromatic carbocycles. The maximum absolute atomic E-state index is 10.2. The van der Waals surface area contributed by atoms with Crippen molar-refractivity contribution < 1.29 is 5.11 Å². The Labute approximate surface area is 104 Å². The van der Waals surface area contributed by atoms with Crippen molar-refractivity contribution in [1.82, 2.24) is 5.32 Å². The molecule has 0 spiro atoms. The number of aliphatic hydroxyl groups is 1. The average molecular weight is 233 g/mol. The minimum atomic E-state index is -0.345. The van der Waals surface area contributed by atoms with E-state index in [-0.39, 0.29) is 11.6 Å². The first-order valence-corrected chi connectivity index (χ1v) is 6.57. The van der Waals surface area contributed by atoms with Gasteiger partial charge in [-0.15, -0.1) is 0 Å². The number of hydrogen-bond acceptors (Lipinski definition) is 2. The summed E-state index contributed by atoms with van der Waals surface area (Å²) in [7, 11) is 0. The van der Waals surface area contributed by atoms with Crippen LogP contribution in [0.2, 0.25) is 0 Å². The van der Waals surface area contributed by atoms with E-state index in [1.165, 1.54) is 19.3 Å². The molecule has 94 valence electrons. The van der Waals surface area contributed by atoms with Crippen LogP contribution < -0.4 is 5.32 Å². The largest absolute Gasteiger partial charge is 0.388 e. The van der Waals surface area contributed by atoms with E-state index in [4.69, 9.17) is 0 Å². The second-order valence-electron chi connectivity index (χ2n) is 5.78. The Bertz CT molecular complexity index is 347. The van der Waals surface area contributed by atoms with Gasteiger partial charge in [0.1, 0.15) is 0 Å². The number of piperidine rings is 1. The Morgan fingerprint density at radius 1 is 1.35 bits per heavy atom. The first-order valence-electron chi connectivity index (χ1n) is 6.57. The molecule has 17 heavy (non-hydrogen) atoms. The first-order chi connectivity index (χ1) is 8.07. The molecule has 0 aliphatic carbocycles. The third kappa shape index (κ3) is 3.55. The van der Waals surface area contributed by atoms with Crippen molar-refractivity contribution in [3.05, 3.63) is 35.9 Å². The highest BCUT2D eigenvalue weighted by molar-refractivity contribution is 5.17. The van der Waals surface area contributed by atoms with Crippen molar-refractivity contribution in [2.24, 2.45) is 0 Å². The SMILES string of the molecule is CC1(C)CCCC(CC(O)c2ccccc2)N1. The van der Waals surface area contributed by atoms with E-state index in [9.17, 15) is 5.11 Å². The fourth-order valence-corrected chi connectivity index (χ4v) is 2.74. The lowest BCUT2D eigenvalue weighted by Crippen LogP contribution is -2.49. The molecule has 1 aromatic rings. The van der Waals surface area contributed by atoms with Gasteiger partial charge < -0.3 is 10.4 Å². The summed E-state index contributed by atoms with van der Waals surface area (Å²) in [5.41, 5.74) is 1.25. The zero-order valence-electron chi connectivity index (χ0n) is 10.8. The topological polar surface area (TPSA) is 32.3 Å². The molecule has 1 fully saturated rings. The predicted octanol–water partition coefficient (Wildman–Crippen LogP) is 3.03. The summed E-state index contributed by atoms with van der Waals surface area (Å²) >= 11 is 0. The molecular weight excluding hydrogens is 210 g/mol. The summed E-state index contributed by atoms with van der Waals surface area (Å²) in [5, 5.41) is 13.8. The molecular formula is C15H23NO. The molecule has 2 N–H and O–H groups in total. The highest BCUT2D eigenvalue weighted by Gasteiger charge is 2.28. The maximum Gasteiger partial charge on any atom is 0.0804 e. The van der Waals surface area contributed by atoms with Crippen LogP contribution in [0.1, 0.15) is 51.2 Å². The van der Waals surface area contributed by atoms with E-state index in [1.807, 2.05) is 30.3 Å². The number of aliphatic hydroxyl groups excluding tert-OH is 1. The van der Waals surface area contributed by atoms with E-state index in [0.29, 0.717) is 6.04 Å². The monoisotopic (exact) mass is 233 g/mol. The van der Waals surface area contributed by atoms with E-state index >= 15 is 0 Å². The Morgan fingerprint density at radius 2 is 2.06 bits per heavy atom. The maximum atomic E-state index is 10.2. The Balaban J connectivity index is 1.93. The van der Waals surface area contributed by atoms with Crippen molar-refractivity contribution in [3.63, 3.8) is 0 Å². The minimum Gasteiger partial charge on any atom is -0.388 e. The molecule has 2 atom stereocenters. The second kappa shape index (κ2) is 5.19. The van der Waals surface area contributed by atoms with Crippen molar-refractivity contribution in [1.29, 1.82) is 0 Å². The molecule has 0 radical (unpaired) electrons. The van der Waals surface area contributed by atoms with E-state index in [0.717, 1.165) is 12.0 Å². The van der Waals surface area contributed by atoms with Crippen LogP contribution in [0.25, 0.3) is 0 Å². The quantitative estimate of drug-likeness (QED) is 0.841. The molecule has 2 unspecified atom stereocenters. The van der Waals surface area contributed by atoms with E-state index in [1.54, 1.807) is 0 Å². The van der Waals surface area contributed by atoms with Gasteiger partial charge in [-0.3, -0.25) is 0 Å². The second-order valence-corrected chi connectivity index (χ2v) is 5.78. The zero-order valence-corrected chi connectivity index (χ0v) is 10.8. The molecule has 2 heteroatoms. The number of rotatable bonds is 3. The summed E-state index contributed by atoms with van der Waals surface area (Å²) in [4.78, 5) is 0. The molecule has 2 rings (SSSR count). The summed E-state index contributed by atoms with van der Waals surface area (Å²) in [5.74, 6) is 0. The molecule has 0 saturated carbocycles. The van der Waals surface area contributed by atoms with Crippen molar-refractivity contribution in [3.8, 4) is 0 Å². The van der Waals surface area contributed by atoms with Crippen LogP contribution in [-0.4, -0.2) is 16.7 Å². The fraction of sp³-hybridized carbons (Fsp3) is 0.600. The van der Waals surface area contributed by atoms with Crippen LogP contribution in [0.4, 0.5) is 0 Å². The van der Waals surface area contributed by atoms with Gasteiger partial charge in [0.05, 0.1) is 6.10 Å². The van der Waals surface area contributed by atoms with Crippen LogP contribution in [0.15, 0.2) is 30.3 Å². The third-order valence-corrected chi connectivity index (χ3v) is 3.64. The lowest BCUT2D eigenvalue weighted by molar-refractivity contribution is 0.127. The highest BCUT2D eigenvalue weighted by Crippen LogP contribution is 2.27. The normalized spacial score (nSPS) is 25.5. The van der Waals surface area contributed by atoms with Gasteiger partial charge in [-0.2, -0.15) is 0 Å². The fourth-order valence-electron chi connectivity index (χ4n) is 2.74. The first kappa shape index (κ1) is 12.6. The van der Waals surface area contributed by atoms with E-state index < -0.39 is 0 Å².